The van der Waals surface area contributed by atoms with Gasteiger partial charge in [0.2, 0.25) is 0 Å². The van der Waals surface area contributed by atoms with E-state index in [9.17, 15) is 4.79 Å². The summed E-state index contributed by atoms with van der Waals surface area (Å²) in [7, 11) is 0. The molecule has 0 N–H and O–H groups in total. The third-order valence-corrected chi connectivity index (χ3v) is 4.43. The maximum Gasteiger partial charge on any atom is 0.255 e. The SMILES string of the molecule is O=C(c1ccnnc1)N1Cc2cccn2CC(OCc2cccnc2)C1. The Morgan fingerprint density at radius 3 is 2.88 bits per heavy atom. The lowest BCUT2D eigenvalue weighted by atomic mass is 10.2. The molecule has 3 aromatic heterocycles. The Balaban J connectivity index is 1.53. The highest BCUT2D eigenvalue weighted by atomic mass is 16.5. The van der Waals surface area contributed by atoms with Crippen molar-refractivity contribution >= 4 is 5.91 Å². The van der Waals surface area contributed by atoms with Gasteiger partial charge in [0.25, 0.3) is 5.91 Å². The van der Waals surface area contributed by atoms with Gasteiger partial charge in [-0.2, -0.15) is 10.2 Å². The van der Waals surface area contributed by atoms with E-state index in [1.54, 1.807) is 18.5 Å². The van der Waals surface area contributed by atoms with Crippen LogP contribution >= 0.6 is 0 Å². The summed E-state index contributed by atoms with van der Waals surface area (Å²) in [6.45, 7) is 2.24. The zero-order valence-corrected chi connectivity index (χ0v) is 14.2. The average molecular weight is 349 g/mol. The molecule has 0 aliphatic carbocycles. The number of aromatic nitrogens is 4. The lowest BCUT2D eigenvalue weighted by molar-refractivity contribution is 0.0104. The molecule has 0 fully saturated rings. The molecule has 0 spiro atoms. The molecule has 26 heavy (non-hydrogen) atoms. The Kier molecular flexibility index (Phi) is 4.70. The van der Waals surface area contributed by atoms with Crippen LogP contribution in [0.15, 0.2) is 61.3 Å². The summed E-state index contributed by atoms with van der Waals surface area (Å²) in [6.07, 6.45) is 8.48. The maximum atomic E-state index is 12.9. The molecule has 0 saturated carbocycles. The van der Waals surface area contributed by atoms with E-state index in [0.29, 0.717) is 31.8 Å². The summed E-state index contributed by atoms with van der Waals surface area (Å²) in [5, 5.41) is 7.55. The fourth-order valence-corrected chi connectivity index (χ4v) is 3.11. The molecule has 1 atom stereocenters. The van der Waals surface area contributed by atoms with Gasteiger partial charge in [-0.1, -0.05) is 6.07 Å². The van der Waals surface area contributed by atoms with Crippen LogP contribution in [0.3, 0.4) is 0 Å². The molecule has 4 rings (SSSR count). The van der Waals surface area contributed by atoms with Gasteiger partial charge in [0.05, 0.1) is 43.8 Å². The fraction of sp³-hybridized carbons (Fsp3) is 0.263. The minimum absolute atomic E-state index is 0.0653. The first-order valence-electron chi connectivity index (χ1n) is 8.50. The zero-order chi connectivity index (χ0) is 17.8. The standard InChI is InChI=1S/C19H19N5O2/c25-19(16-5-7-21-22-10-16)24-11-17-4-2-8-23(17)12-18(13-24)26-14-15-3-1-6-20-9-15/h1-10,18H,11-14H2. The second-order valence-corrected chi connectivity index (χ2v) is 6.26. The van der Waals surface area contributed by atoms with E-state index < -0.39 is 0 Å². The van der Waals surface area contributed by atoms with Gasteiger partial charge < -0.3 is 14.2 Å². The zero-order valence-electron chi connectivity index (χ0n) is 14.2. The summed E-state index contributed by atoms with van der Waals surface area (Å²) in [5.41, 5.74) is 2.64. The molecule has 132 valence electrons. The molecule has 0 saturated heterocycles. The molecule has 0 bridgehead atoms. The smallest absolute Gasteiger partial charge is 0.255 e. The van der Waals surface area contributed by atoms with E-state index in [-0.39, 0.29) is 12.0 Å². The van der Waals surface area contributed by atoms with E-state index in [1.807, 2.05) is 35.4 Å². The topological polar surface area (TPSA) is 73.1 Å². The van der Waals surface area contributed by atoms with E-state index >= 15 is 0 Å². The van der Waals surface area contributed by atoms with Crippen molar-refractivity contribution in [2.24, 2.45) is 0 Å². The largest absolute Gasteiger partial charge is 0.370 e. The Morgan fingerprint density at radius 1 is 1.12 bits per heavy atom. The number of ether oxygens (including phenoxy) is 1. The van der Waals surface area contributed by atoms with Crippen LogP contribution in [0.4, 0.5) is 0 Å². The number of rotatable bonds is 4. The quantitative estimate of drug-likeness (QED) is 0.719. The van der Waals surface area contributed by atoms with Crippen LogP contribution in [-0.2, 0) is 24.4 Å². The van der Waals surface area contributed by atoms with Crippen molar-refractivity contribution in [1.82, 2.24) is 24.6 Å². The highest BCUT2D eigenvalue weighted by Crippen LogP contribution is 2.18. The van der Waals surface area contributed by atoms with Gasteiger partial charge in [0, 0.05) is 30.8 Å². The van der Waals surface area contributed by atoms with E-state index in [4.69, 9.17) is 4.74 Å². The minimum Gasteiger partial charge on any atom is -0.370 e. The van der Waals surface area contributed by atoms with Gasteiger partial charge in [0.15, 0.2) is 0 Å². The van der Waals surface area contributed by atoms with Crippen molar-refractivity contribution in [2.45, 2.75) is 25.8 Å². The first kappa shape index (κ1) is 16.4. The Bertz CT molecular complexity index is 866. The van der Waals surface area contributed by atoms with E-state index in [1.165, 1.54) is 12.4 Å². The van der Waals surface area contributed by atoms with Crippen molar-refractivity contribution in [3.63, 3.8) is 0 Å². The van der Waals surface area contributed by atoms with Gasteiger partial charge in [-0.15, -0.1) is 0 Å². The lowest BCUT2D eigenvalue weighted by Crippen LogP contribution is -2.37. The van der Waals surface area contributed by atoms with Gasteiger partial charge in [-0.3, -0.25) is 9.78 Å². The minimum atomic E-state index is -0.109. The molecule has 0 aromatic carbocycles. The van der Waals surface area contributed by atoms with Gasteiger partial charge in [-0.25, -0.2) is 0 Å². The predicted molar refractivity (Wildman–Crippen MR) is 94.0 cm³/mol. The number of fused-ring (bicyclic) bond motifs is 1. The number of nitrogens with zero attached hydrogens (tertiary/aromatic N) is 5. The third-order valence-electron chi connectivity index (χ3n) is 4.43. The van der Waals surface area contributed by atoms with Crippen LogP contribution in [0.25, 0.3) is 0 Å². The number of pyridine rings is 1. The van der Waals surface area contributed by atoms with Crippen LogP contribution in [-0.4, -0.2) is 43.2 Å². The summed E-state index contributed by atoms with van der Waals surface area (Å²) in [5.74, 6) is -0.0653. The Labute approximate surface area is 151 Å². The second kappa shape index (κ2) is 7.45. The fourth-order valence-electron chi connectivity index (χ4n) is 3.11. The lowest BCUT2D eigenvalue weighted by Gasteiger charge is -2.24. The summed E-state index contributed by atoms with van der Waals surface area (Å²) < 4.78 is 8.25. The predicted octanol–water partition coefficient (Wildman–Crippen LogP) is 1.91. The molecule has 3 aromatic rings. The van der Waals surface area contributed by atoms with Gasteiger partial charge in [-0.05, 0) is 29.8 Å². The van der Waals surface area contributed by atoms with E-state index in [2.05, 4.69) is 19.7 Å². The molecule has 1 aliphatic rings. The summed E-state index contributed by atoms with van der Waals surface area (Å²) in [4.78, 5) is 18.8. The van der Waals surface area contributed by atoms with Crippen molar-refractivity contribution < 1.29 is 9.53 Å². The molecule has 1 aliphatic heterocycles. The van der Waals surface area contributed by atoms with Gasteiger partial charge in [0.1, 0.15) is 0 Å². The average Bonchev–Trinajstić information content (AvgIpc) is 3.05. The molecule has 0 radical (unpaired) electrons. The monoisotopic (exact) mass is 349 g/mol. The molecular weight excluding hydrogens is 330 g/mol. The third kappa shape index (κ3) is 3.62. The highest BCUT2D eigenvalue weighted by molar-refractivity contribution is 5.93. The van der Waals surface area contributed by atoms with Crippen LogP contribution in [0, 0.1) is 0 Å². The Hall–Kier alpha value is -3.06. The number of carbonyl (C=O) groups excluding carboxylic acids is 1. The van der Waals surface area contributed by atoms with Crippen molar-refractivity contribution in [2.75, 3.05) is 6.54 Å². The van der Waals surface area contributed by atoms with Crippen LogP contribution in [0.2, 0.25) is 0 Å². The first-order valence-corrected chi connectivity index (χ1v) is 8.50. The Morgan fingerprint density at radius 2 is 2.08 bits per heavy atom. The molecule has 7 nitrogen and oxygen atoms in total. The molecule has 4 heterocycles. The van der Waals surface area contributed by atoms with Crippen molar-refractivity contribution in [1.29, 1.82) is 0 Å². The van der Waals surface area contributed by atoms with Gasteiger partial charge >= 0.3 is 0 Å². The normalized spacial score (nSPS) is 16.8. The molecule has 7 heteroatoms. The molecule has 1 unspecified atom stereocenters. The van der Waals surface area contributed by atoms with Crippen molar-refractivity contribution in [3.8, 4) is 0 Å². The summed E-state index contributed by atoms with van der Waals surface area (Å²) in [6, 6.07) is 9.59. The van der Waals surface area contributed by atoms with Crippen molar-refractivity contribution in [3.05, 3.63) is 78.1 Å². The second-order valence-electron chi connectivity index (χ2n) is 6.26. The van der Waals surface area contributed by atoms with E-state index in [0.717, 1.165) is 11.3 Å². The number of hydrogen-bond donors (Lipinski definition) is 0. The molecular formula is C19H19N5O2. The van der Waals surface area contributed by atoms with Crippen LogP contribution < -0.4 is 0 Å². The number of hydrogen-bond acceptors (Lipinski definition) is 5. The first-order chi connectivity index (χ1) is 12.8. The summed E-state index contributed by atoms with van der Waals surface area (Å²) >= 11 is 0. The maximum absolute atomic E-state index is 12.9. The number of carbonyl (C=O) groups is 1. The number of amides is 1. The van der Waals surface area contributed by atoms with Crippen LogP contribution in [0.1, 0.15) is 21.6 Å². The molecule has 1 amide bonds. The highest BCUT2D eigenvalue weighted by Gasteiger charge is 2.26. The van der Waals surface area contributed by atoms with Crippen LogP contribution in [0.5, 0.6) is 0 Å².